The van der Waals surface area contributed by atoms with Crippen molar-refractivity contribution in [1.82, 2.24) is 0 Å². The Morgan fingerprint density at radius 1 is 1.46 bits per heavy atom. The third-order valence-electron chi connectivity index (χ3n) is 1.76. The minimum atomic E-state index is -1.44. The standard InChI is InChI=1S/C9H14BNO2/c1-7(11)6-8-2-4-9(5-3-8)10(12)13/h2-5,7,12-13H,6,11H2,1H3/t7-/m0/s1/i7D. The zero-order valence-electron chi connectivity index (χ0n) is 8.57. The van der Waals surface area contributed by atoms with Gasteiger partial charge in [-0.05, 0) is 24.4 Å². The lowest BCUT2D eigenvalue weighted by atomic mass is 9.80. The van der Waals surface area contributed by atoms with Gasteiger partial charge in [-0.1, -0.05) is 24.3 Å². The fourth-order valence-electron chi connectivity index (χ4n) is 1.13. The van der Waals surface area contributed by atoms with E-state index in [2.05, 4.69) is 0 Å². The van der Waals surface area contributed by atoms with Gasteiger partial charge in [-0.3, -0.25) is 0 Å². The highest BCUT2D eigenvalue weighted by Crippen LogP contribution is 2.00. The van der Waals surface area contributed by atoms with Crippen molar-refractivity contribution in [3.8, 4) is 0 Å². The van der Waals surface area contributed by atoms with E-state index in [1.807, 2.05) is 0 Å². The van der Waals surface area contributed by atoms with E-state index in [9.17, 15) is 0 Å². The molecule has 4 N–H and O–H groups in total. The lowest BCUT2D eigenvalue weighted by Crippen LogP contribution is -2.29. The Balaban J connectivity index is 2.74. The van der Waals surface area contributed by atoms with Crippen LogP contribution in [0.1, 0.15) is 13.9 Å². The molecule has 0 heterocycles. The van der Waals surface area contributed by atoms with Crippen molar-refractivity contribution < 1.29 is 11.4 Å². The second-order valence-electron chi connectivity index (χ2n) is 3.14. The minimum absolute atomic E-state index is 0.439. The summed E-state index contributed by atoms with van der Waals surface area (Å²) in [6.45, 7) is 1.63. The van der Waals surface area contributed by atoms with Crippen LogP contribution in [0.15, 0.2) is 24.3 Å². The maximum Gasteiger partial charge on any atom is 0.488 e. The highest BCUT2D eigenvalue weighted by Gasteiger charge is 2.09. The second-order valence-corrected chi connectivity index (χ2v) is 3.14. The molecule has 1 rings (SSSR count). The zero-order valence-corrected chi connectivity index (χ0v) is 7.57. The Bertz CT molecular complexity index is 295. The maximum atomic E-state index is 8.84. The summed E-state index contributed by atoms with van der Waals surface area (Å²) < 4.78 is 7.49. The summed E-state index contributed by atoms with van der Waals surface area (Å²) in [6, 6.07) is 5.74. The van der Waals surface area contributed by atoms with Crippen molar-refractivity contribution in [3.05, 3.63) is 29.8 Å². The van der Waals surface area contributed by atoms with Gasteiger partial charge in [-0.25, -0.2) is 0 Å². The van der Waals surface area contributed by atoms with Crippen LogP contribution in [-0.4, -0.2) is 23.2 Å². The highest BCUT2D eigenvalue weighted by molar-refractivity contribution is 6.58. The molecule has 3 nitrogen and oxygen atoms in total. The largest absolute Gasteiger partial charge is 0.488 e. The predicted octanol–water partition coefficient (Wildman–Crippen LogP) is -0.744. The van der Waals surface area contributed by atoms with Crippen molar-refractivity contribution in [3.63, 3.8) is 0 Å². The van der Waals surface area contributed by atoms with Crippen LogP contribution in [0.25, 0.3) is 0 Å². The van der Waals surface area contributed by atoms with Gasteiger partial charge >= 0.3 is 7.12 Å². The molecule has 0 bridgehead atoms. The van der Waals surface area contributed by atoms with Gasteiger partial charge in [0.1, 0.15) is 0 Å². The first-order chi connectivity index (χ1) is 6.38. The average Bonchev–Trinajstić information content (AvgIpc) is 2.02. The van der Waals surface area contributed by atoms with Gasteiger partial charge in [-0.2, -0.15) is 0 Å². The Morgan fingerprint density at radius 3 is 2.38 bits per heavy atom. The summed E-state index contributed by atoms with van der Waals surface area (Å²) in [4.78, 5) is 0. The van der Waals surface area contributed by atoms with Crippen molar-refractivity contribution in [2.45, 2.75) is 19.4 Å². The van der Waals surface area contributed by atoms with Crippen molar-refractivity contribution in [1.29, 1.82) is 0 Å². The molecule has 0 unspecified atom stereocenters. The molecule has 1 aromatic carbocycles. The van der Waals surface area contributed by atoms with Crippen LogP contribution >= 0.6 is 0 Å². The van der Waals surface area contributed by atoms with Crippen LogP contribution in [0.2, 0.25) is 0 Å². The smallest absolute Gasteiger partial charge is 0.423 e. The van der Waals surface area contributed by atoms with E-state index in [-0.39, 0.29) is 0 Å². The molecule has 0 aliphatic carbocycles. The van der Waals surface area contributed by atoms with E-state index in [0.717, 1.165) is 5.56 Å². The first-order valence-electron chi connectivity index (χ1n) is 4.62. The fraction of sp³-hybridized carbons (Fsp3) is 0.333. The van der Waals surface area contributed by atoms with Crippen LogP contribution in [0.3, 0.4) is 0 Å². The number of benzene rings is 1. The van der Waals surface area contributed by atoms with Crippen molar-refractivity contribution in [2.75, 3.05) is 0 Å². The van der Waals surface area contributed by atoms with E-state index in [0.29, 0.717) is 11.9 Å². The normalized spacial score (nSPS) is 16.2. The molecular weight excluding hydrogens is 165 g/mol. The molecule has 0 amide bonds. The van der Waals surface area contributed by atoms with Gasteiger partial charge < -0.3 is 15.8 Å². The lowest BCUT2D eigenvalue weighted by Gasteiger charge is -2.05. The zero-order chi connectivity index (χ0) is 10.8. The quantitative estimate of drug-likeness (QED) is 0.536. The molecular formula is C9H14BNO2. The SMILES string of the molecule is [2H][C@@](C)(N)Cc1ccc(B(O)O)cc1. The number of nitrogens with two attached hydrogens (primary N) is 1. The van der Waals surface area contributed by atoms with Crippen LogP contribution in [0.4, 0.5) is 0 Å². The fourth-order valence-corrected chi connectivity index (χ4v) is 1.13. The topological polar surface area (TPSA) is 66.5 Å². The molecule has 0 aromatic heterocycles. The van der Waals surface area contributed by atoms with E-state index < -0.39 is 13.1 Å². The second kappa shape index (κ2) is 4.41. The first kappa shape index (κ1) is 8.75. The molecule has 0 aliphatic rings. The molecule has 13 heavy (non-hydrogen) atoms. The van der Waals surface area contributed by atoms with Gasteiger partial charge in [0.05, 0.1) is 0 Å². The summed E-state index contributed by atoms with van der Waals surface area (Å²) >= 11 is 0. The van der Waals surface area contributed by atoms with Crippen LogP contribution < -0.4 is 11.2 Å². The molecule has 0 saturated heterocycles. The van der Waals surface area contributed by atoms with Crippen molar-refractivity contribution in [2.24, 2.45) is 5.73 Å². The summed E-state index contributed by atoms with van der Waals surface area (Å²) in [7, 11) is -1.44. The van der Waals surface area contributed by atoms with Gasteiger partial charge in [-0.15, -0.1) is 0 Å². The van der Waals surface area contributed by atoms with E-state index >= 15 is 0 Å². The van der Waals surface area contributed by atoms with Gasteiger partial charge in [0.15, 0.2) is 0 Å². The Labute approximate surface area is 79.8 Å². The minimum Gasteiger partial charge on any atom is -0.423 e. The molecule has 0 aliphatic heterocycles. The predicted molar refractivity (Wildman–Crippen MR) is 53.6 cm³/mol. The summed E-state index contributed by atoms with van der Waals surface area (Å²) in [5, 5.41) is 17.7. The first-order valence-corrected chi connectivity index (χ1v) is 4.12. The molecule has 1 aromatic rings. The van der Waals surface area contributed by atoms with E-state index in [4.69, 9.17) is 17.2 Å². The van der Waals surface area contributed by atoms with Crippen LogP contribution in [-0.2, 0) is 6.42 Å². The molecule has 1 atom stereocenters. The Morgan fingerprint density at radius 2 is 2.00 bits per heavy atom. The molecule has 70 valence electrons. The molecule has 0 spiro atoms. The third kappa shape index (κ3) is 3.18. The average molecular weight is 180 g/mol. The molecule has 4 heteroatoms. The molecule has 0 radical (unpaired) electrons. The van der Waals surface area contributed by atoms with Gasteiger partial charge in [0.2, 0.25) is 0 Å². The number of hydrogen-bond donors (Lipinski definition) is 3. The molecule has 0 saturated carbocycles. The van der Waals surface area contributed by atoms with Crippen LogP contribution in [0, 0.1) is 0 Å². The molecule has 0 fully saturated rings. The van der Waals surface area contributed by atoms with Gasteiger partial charge in [0, 0.05) is 7.39 Å². The monoisotopic (exact) mass is 180 g/mol. The summed E-state index contributed by atoms with van der Waals surface area (Å²) in [6.07, 6.45) is 0.439. The highest BCUT2D eigenvalue weighted by atomic mass is 16.4. The lowest BCUT2D eigenvalue weighted by molar-refractivity contribution is 0.426. The Hall–Kier alpha value is -0.835. The van der Waals surface area contributed by atoms with E-state index in [1.165, 1.54) is 0 Å². The number of hydrogen-bond acceptors (Lipinski definition) is 3. The summed E-state index contributed by atoms with van der Waals surface area (Å²) in [5.41, 5.74) is 6.89. The summed E-state index contributed by atoms with van der Waals surface area (Å²) in [5.74, 6) is 0. The maximum absolute atomic E-state index is 8.84. The number of rotatable bonds is 3. The third-order valence-corrected chi connectivity index (χ3v) is 1.76. The van der Waals surface area contributed by atoms with E-state index in [1.54, 1.807) is 31.2 Å². The Kier molecular flexibility index (Phi) is 2.97. The van der Waals surface area contributed by atoms with Crippen LogP contribution in [0.5, 0.6) is 0 Å². The van der Waals surface area contributed by atoms with Crippen molar-refractivity contribution >= 4 is 12.6 Å². The van der Waals surface area contributed by atoms with Gasteiger partial charge in [0.25, 0.3) is 0 Å².